The van der Waals surface area contributed by atoms with Gasteiger partial charge in [-0.2, -0.15) is 0 Å². The third kappa shape index (κ3) is 2.26. The molecule has 18 heavy (non-hydrogen) atoms. The Morgan fingerprint density at radius 3 is 2.94 bits per heavy atom. The second-order valence-corrected chi connectivity index (χ2v) is 4.90. The van der Waals surface area contributed by atoms with Crippen LogP contribution in [0.1, 0.15) is 12.8 Å². The molecule has 0 atom stereocenters. The van der Waals surface area contributed by atoms with Gasteiger partial charge in [-0.25, -0.2) is 4.98 Å². The SMILES string of the molecule is COC1CCN(Cn2ccc3cccnc32)CC1. The topological polar surface area (TPSA) is 30.3 Å². The normalized spacial score (nSPS) is 18.5. The molecule has 4 nitrogen and oxygen atoms in total. The molecule has 0 unspecified atom stereocenters. The highest BCUT2D eigenvalue weighted by molar-refractivity contribution is 5.75. The molecular formula is C14H19N3O. The number of hydrogen-bond acceptors (Lipinski definition) is 3. The largest absolute Gasteiger partial charge is 0.381 e. The summed E-state index contributed by atoms with van der Waals surface area (Å²) in [7, 11) is 1.81. The van der Waals surface area contributed by atoms with E-state index in [2.05, 4.69) is 32.8 Å². The average Bonchev–Trinajstić information content (AvgIpc) is 2.83. The molecule has 1 aliphatic heterocycles. The Morgan fingerprint density at radius 1 is 1.33 bits per heavy atom. The molecule has 1 saturated heterocycles. The fourth-order valence-electron chi connectivity index (χ4n) is 2.64. The Hall–Kier alpha value is -1.39. The average molecular weight is 245 g/mol. The van der Waals surface area contributed by atoms with Crippen molar-refractivity contribution in [2.24, 2.45) is 0 Å². The first kappa shape index (κ1) is 11.7. The minimum Gasteiger partial charge on any atom is -0.381 e. The Labute approximate surface area is 107 Å². The number of piperidine rings is 1. The first-order valence-electron chi connectivity index (χ1n) is 6.52. The molecule has 0 aliphatic carbocycles. The Bertz CT molecular complexity index is 514. The lowest BCUT2D eigenvalue weighted by Gasteiger charge is -2.31. The number of ether oxygens (including phenoxy) is 1. The monoisotopic (exact) mass is 245 g/mol. The van der Waals surface area contributed by atoms with Crippen LogP contribution < -0.4 is 0 Å². The minimum atomic E-state index is 0.445. The Morgan fingerprint density at radius 2 is 2.17 bits per heavy atom. The van der Waals surface area contributed by atoms with Crippen LogP contribution in [0.4, 0.5) is 0 Å². The molecule has 0 bridgehead atoms. The van der Waals surface area contributed by atoms with Gasteiger partial charge in [0.05, 0.1) is 12.8 Å². The molecule has 2 aromatic rings. The number of rotatable bonds is 3. The van der Waals surface area contributed by atoms with Crippen molar-refractivity contribution in [1.29, 1.82) is 0 Å². The van der Waals surface area contributed by atoms with Crippen molar-refractivity contribution in [3.8, 4) is 0 Å². The minimum absolute atomic E-state index is 0.445. The van der Waals surface area contributed by atoms with Gasteiger partial charge in [0.15, 0.2) is 0 Å². The highest BCUT2D eigenvalue weighted by Crippen LogP contribution is 2.16. The quantitative estimate of drug-likeness (QED) is 0.829. The highest BCUT2D eigenvalue weighted by Gasteiger charge is 2.18. The predicted octanol–water partition coefficient (Wildman–Crippen LogP) is 2.10. The summed E-state index contributed by atoms with van der Waals surface area (Å²) in [5.74, 6) is 0. The van der Waals surface area contributed by atoms with E-state index in [1.807, 2.05) is 19.4 Å². The van der Waals surface area contributed by atoms with Crippen molar-refractivity contribution in [2.75, 3.05) is 20.2 Å². The number of fused-ring (bicyclic) bond motifs is 1. The summed E-state index contributed by atoms with van der Waals surface area (Å²) in [6.45, 7) is 3.13. The van der Waals surface area contributed by atoms with Crippen LogP contribution in [-0.4, -0.2) is 40.8 Å². The molecule has 0 amide bonds. The second kappa shape index (κ2) is 5.08. The highest BCUT2D eigenvalue weighted by atomic mass is 16.5. The number of methoxy groups -OCH3 is 1. The Balaban J connectivity index is 1.70. The second-order valence-electron chi connectivity index (χ2n) is 4.90. The van der Waals surface area contributed by atoms with E-state index in [4.69, 9.17) is 4.74 Å². The van der Waals surface area contributed by atoms with E-state index in [1.165, 1.54) is 5.39 Å². The van der Waals surface area contributed by atoms with Crippen molar-refractivity contribution in [3.63, 3.8) is 0 Å². The van der Waals surface area contributed by atoms with Gasteiger partial charge in [-0.15, -0.1) is 0 Å². The van der Waals surface area contributed by atoms with E-state index in [0.717, 1.165) is 38.2 Å². The van der Waals surface area contributed by atoms with Gasteiger partial charge >= 0.3 is 0 Å². The molecule has 1 fully saturated rings. The van der Waals surface area contributed by atoms with Crippen LogP contribution in [0.25, 0.3) is 11.0 Å². The van der Waals surface area contributed by atoms with Crippen molar-refractivity contribution in [3.05, 3.63) is 30.6 Å². The summed E-state index contributed by atoms with van der Waals surface area (Å²) >= 11 is 0. The standard InChI is InChI=1S/C14H19N3O/c1-18-13-5-8-16(9-6-13)11-17-10-4-12-3-2-7-15-14(12)17/h2-4,7,10,13H,5-6,8-9,11H2,1H3. The van der Waals surface area contributed by atoms with Crippen LogP contribution in [-0.2, 0) is 11.4 Å². The fraction of sp³-hybridized carbons (Fsp3) is 0.500. The number of aromatic nitrogens is 2. The van der Waals surface area contributed by atoms with Gasteiger partial charge in [0.1, 0.15) is 5.65 Å². The molecule has 3 rings (SSSR count). The van der Waals surface area contributed by atoms with E-state index >= 15 is 0 Å². The maximum atomic E-state index is 5.40. The molecule has 96 valence electrons. The summed E-state index contributed by atoms with van der Waals surface area (Å²) in [6.07, 6.45) is 6.68. The van der Waals surface area contributed by atoms with Crippen molar-refractivity contribution < 1.29 is 4.74 Å². The first-order valence-corrected chi connectivity index (χ1v) is 6.52. The lowest BCUT2D eigenvalue weighted by Crippen LogP contribution is -2.37. The van der Waals surface area contributed by atoms with Gasteiger partial charge in [0.25, 0.3) is 0 Å². The molecular weight excluding hydrogens is 226 g/mol. The zero-order valence-electron chi connectivity index (χ0n) is 10.7. The maximum Gasteiger partial charge on any atom is 0.140 e. The van der Waals surface area contributed by atoms with E-state index < -0.39 is 0 Å². The van der Waals surface area contributed by atoms with E-state index in [9.17, 15) is 0 Å². The van der Waals surface area contributed by atoms with E-state index in [-0.39, 0.29) is 0 Å². The lowest BCUT2D eigenvalue weighted by atomic mass is 10.1. The first-order chi connectivity index (χ1) is 8.86. The van der Waals surface area contributed by atoms with Gasteiger partial charge in [0, 0.05) is 38.0 Å². The number of hydrogen-bond donors (Lipinski definition) is 0. The molecule has 3 heterocycles. The van der Waals surface area contributed by atoms with Gasteiger partial charge < -0.3 is 9.30 Å². The predicted molar refractivity (Wildman–Crippen MR) is 71.3 cm³/mol. The molecule has 0 saturated carbocycles. The molecule has 0 aromatic carbocycles. The summed E-state index contributed by atoms with van der Waals surface area (Å²) in [4.78, 5) is 6.91. The van der Waals surface area contributed by atoms with Gasteiger partial charge in [-0.1, -0.05) is 0 Å². The number of pyridine rings is 1. The fourth-order valence-corrected chi connectivity index (χ4v) is 2.64. The van der Waals surface area contributed by atoms with Crippen LogP contribution in [0.15, 0.2) is 30.6 Å². The molecule has 4 heteroatoms. The smallest absolute Gasteiger partial charge is 0.140 e. The van der Waals surface area contributed by atoms with Crippen LogP contribution in [0.3, 0.4) is 0 Å². The number of likely N-dealkylation sites (tertiary alicyclic amines) is 1. The maximum absolute atomic E-state index is 5.40. The molecule has 1 aliphatic rings. The number of nitrogens with zero attached hydrogens (tertiary/aromatic N) is 3. The summed E-state index contributed by atoms with van der Waals surface area (Å²) in [5.41, 5.74) is 1.08. The van der Waals surface area contributed by atoms with E-state index in [0.29, 0.717) is 6.10 Å². The van der Waals surface area contributed by atoms with Crippen LogP contribution in [0.5, 0.6) is 0 Å². The molecule has 2 aromatic heterocycles. The van der Waals surface area contributed by atoms with Crippen LogP contribution >= 0.6 is 0 Å². The molecule has 0 spiro atoms. The summed E-state index contributed by atoms with van der Waals surface area (Å²) < 4.78 is 7.62. The third-order valence-corrected chi connectivity index (χ3v) is 3.74. The van der Waals surface area contributed by atoms with Crippen molar-refractivity contribution in [1.82, 2.24) is 14.5 Å². The van der Waals surface area contributed by atoms with Gasteiger partial charge in [-0.05, 0) is 31.0 Å². The van der Waals surface area contributed by atoms with Crippen molar-refractivity contribution in [2.45, 2.75) is 25.6 Å². The van der Waals surface area contributed by atoms with Gasteiger partial charge in [-0.3, -0.25) is 4.90 Å². The van der Waals surface area contributed by atoms with E-state index in [1.54, 1.807) is 0 Å². The zero-order chi connectivity index (χ0) is 12.4. The zero-order valence-corrected chi connectivity index (χ0v) is 10.7. The lowest BCUT2D eigenvalue weighted by molar-refractivity contribution is 0.0323. The van der Waals surface area contributed by atoms with Gasteiger partial charge in [0.2, 0.25) is 0 Å². The van der Waals surface area contributed by atoms with Crippen molar-refractivity contribution >= 4 is 11.0 Å². The summed E-state index contributed by atoms with van der Waals surface area (Å²) in [5, 5.41) is 1.21. The molecule has 0 radical (unpaired) electrons. The Kier molecular flexibility index (Phi) is 3.30. The van der Waals surface area contributed by atoms with Crippen LogP contribution in [0, 0.1) is 0 Å². The molecule has 0 N–H and O–H groups in total. The third-order valence-electron chi connectivity index (χ3n) is 3.74. The van der Waals surface area contributed by atoms with Crippen LogP contribution in [0.2, 0.25) is 0 Å². The summed E-state index contributed by atoms with van der Waals surface area (Å²) in [6, 6.07) is 6.22.